The number of hydrogen-bond donors (Lipinski definition) is 0. The number of ketones is 1. The van der Waals surface area contributed by atoms with Gasteiger partial charge in [0, 0.05) is 35.2 Å². The van der Waals surface area contributed by atoms with E-state index in [1.807, 2.05) is 48.8 Å². The molecular weight excluding hydrogens is 272 g/mol. The number of aromatic nitrogens is 2. The fraction of sp³-hybridized carbons (Fsp3) is 0.211. The minimum Gasteiger partial charge on any atom is -0.289 e. The molecule has 1 N–H and O–H groups in total. The van der Waals surface area contributed by atoms with Gasteiger partial charge >= 0.3 is 0 Å². The van der Waals surface area contributed by atoms with Crippen LogP contribution in [0.15, 0.2) is 60.2 Å². The number of aromatic amines is 1. The van der Waals surface area contributed by atoms with Crippen LogP contribution in [-0.4, -0.2) is 10.8 Å². The highest BCUT2D eigenvalue weighted by Gasteiger charge is 2.25. The maximum Gasteiger partial charge on any atom is 0.185 e. The second-order valence-corrected chi connectivity index (χ2v) is 5.80. The van der Waals surface area contributed by atoms with Gasteiger partial charge in [0.2, 0.25) is 0 Å². The zero-order chi connectivity index (χ0) is 15.4. The Labute approximate surface area is 130 Å². The van der Waals surface area contributed by atoms with Gasteiger partial charge in [0.1, 0.15) is 0 Å². The van der Waals surface area contributed by atoms with Crippen molar-refractivity contribution in [3.8, 4) is 0 Å². The molecule has 1 atom stereocenters. The molecule has 0 saturated heterocycles. The summed E-state index contributed by atoms with van der Waals surface area (Å²) in [5.41, 5.74) is 3.76. The summed E-state index contributed by atoms with van der Waals surface area (Å²) in [4.78, 5) is 19.9. The summed E-state index contributed by atoms with van der Waals surface area (Å²) in [6, 6.07) is 7.80. The van der Waals surface area contributed by atoms with Crippen LogP contribution in [0.25, 0.3) is 12.2 Å². The number of carbonyl (C=O) groups excluding carboxylic acids is 1. The molecule has 2 aromatic rings. The molecule has 3 heteroatoms. The zero-order valence-electron chi connectivity index (χ0n) is 12.6. The first-order valence-corrected chi connectivity index (χ1v) is 7.54. The van der Waals surface area contributed by atoms with Gasteiger partial charge in [-0.15, -0.1) is 0 Å². The van der Waals surface area contributed by atoms with Crippen LogP contribution in [0.4, 0.5) is 0 Å². The number of pyridine rings is 2. The Kier molecular flexibility index (Phi) is 4.24. The Hall–Kier alpha value is -2.55. The van der Waals surface area contributed by atoms with E-state index in [1.54, 1.807) is 12.4 Å². The third-order valence-electron chi connectivity index (χ3n) is 3.82. The van der Waals surface area contributed by atoms with Gasteiger partial charge in [-0.05, 0) is 48.6 Å². The Morgan fingerprint density at radius 2 is 1.86 bits per heavy atom. The largest absolute Gasteiger partial charge is 0.289 e. The maximum atomic E-state index is 12.7. The van der Waals surface area contributed by atoms with Crippen LogP contribution in [0.5, 0.6) is 0 Å². The normalized spacial score (nSPS) is 22.2. The van der Waals surface area contributed by atoms with E-state index in [1.165, 1.54) is 0 Å². The monoisotopic (exact) mass is 291 g/mol. The lowest BCUT2D eigenvalue weighted by atomic mass is 9.81. The first kappa shape index (κ1) is 14.4. The summed E-state index contributed by atoms with van der Waals surface area (Å²) in [5, 5.41) is 0. The van der Waals surface area contributed by atoms with Crippen molar-refractivity contribution in [1.82, 2.24) is 4.98 Å². The molecule has 1 unspecified atom stereocenters. The van der Waals surface area contributed by atoms with Crippen molar-refractivity contribution in [3.63, 3.8) is 0 Å². The van der Waals surface area contributed by atoms with Crippen molar-refractivity contribution in [2.75, 3.05) is 0 Å². The number of Topliss-reactive ketones (excluding diaryl/α,β-unsaturated/α-hetero) is 1. The third-order valence-corrected chi connectivity index (χ3v) is 3.82. The number of nitrogens with one attached hydrogen (secondary N) is 1. The van der Waals surface area contributed by atoms with Gasteiger partial charge in [0.25, 0.3) is 0 Å². The molecule has 3 rings (SSSR count). The van der Waals surface area contributed by atoms with Crippen molar-refractivity contribution in [2.24, 2.45) is 5.92 Å². The van der Waals surface area contributed by atoms with E-state index in [0.717, 1.165) is 35.1 Å². The molecule has 0 aliphatic heterocycles. The molecule has 0 aromatic carbocycles. The molecule has 0 radical (unpaired) electrons. The molecule has 1 aliphatic rings. The van der Waals surface area contributed by atoms with Gasteiger partial charge in [-0.3, -0.25) is 9.78 Å². The van der Waals surface area contributed by atoms with E-state index < -0.39 is 0 Å². The van der Waals surface area contributed by atoms with Crippen molar-refractivity contribution in [2.45, 2.75) is 19.8 Å². The molecule has 2 heterocycles. The number of carbonyl (C=O) groups is 1. The molecular formula is C19H19N2O+. The summed E-state index contributed by atoms with van der Waals surface area (Å²) < 4.78 is 0. The van der Waals surface area contributed by atoms with Crippen LogP contribution in [-0.2, 0) is 4.79 Å². The topological polar surface area (TPSA) is 44.1 Å². The summed E-state index contributed by atoms with van der Waals surface area (Å²) in [6.07, 6.45) is 12.9. The van der Waals surface area contributed by atoms with Crippen LogP contribution < -0.4 is 4.98 Å². The van der Waals surface area contributed by atoms with E-state index in [0.29, 0.717) is 5.92 Å². The fourth-order valence-corrected chi connectivity index (χ4v) is 2.82. The summed E-state index contributed by atoms with van der Waals surface area (Å²) >= 11 is 0. The summed E-state index contributed by atoms with van der Waals surface area (Å²) in [5.74, 6) is 0.630. The lowest BCUT2D eigenvalue weighted by Gasteiger charge is -2.22. The average molecular weight is 291 g/mol. The molecule has 1 aliphatic carbocycles. The van der Waals surface area contributed by atoms with Gasteiger partial charge in [-0.2, -0.15) is 0 Å². The molecule has 0 spiro atoms. The molecule has 110 valence electrons. The smallest absolute Gasteiger partial charge is 0.185 e. The third kappa shape index (κ3) is 3.37. The first-order valence-electron chi connectivity index (χ1n) is 7.54. The fourth-order valence-electron chi connectivity index (χ4n) is 2.82. The Morgan fingerprint density at radius 1 is 1.14 bits per heavy atom. The minimum atomic E-state index is 0.158. The highest BCUT2D eigenvalue weighted by atomic mass is 16.1. The second kappa shape index (κ2) is 6.48. The van der Waals surface area contributed by atoms with E-state index in [-0.39, 0.29) is 5.78 Å². The second-order valence-electron chi connectivity index (χ2n) is 5.80. The number of hydrogen-bond acceptors (Lipinski definition) is 2. The molecule has 1 saturated carbocycles. The molecule has 3 nitrogen and oxygen atoms in total. The molecule has 0 amide bonds. The molecule has 22 heavy (non-hydrogen) atoms. The Bertz CT molecular complexity index is 656. The van der Waals surface area contributed by atoms with E-state index in [4.69, 9.17) is 0 Å². The number of rotatable bonds is 2. The highest BCUT2D eigenvalue weighted by molar-refractivity contribution is 6.14. The van der Waals surface area contributed by atoms with Gasteiger partial charge in [-0.25, -0.2) is 4.98 Å². The van der Waals surface area contributed by atoms with Crippen LogP contribution in [0, 0.1) is 5.92 Å². The van der Waals surface area contributed by atoms with E-state index in [2.05, 4.69) is 16.9 Å². The Balaban J connectivity index is 1.92. The van der Waals surface area contributed by atoms with Gasteiger partial charge < -0.3 is 0 Å². The lowest BCUT2D eigenvalue weighted by Crippen LogP contribution is -2.18. The number of allylic oxidation sites excluding steroid dienone is 2. The molecule has 1 fully saturated rings. The zero-order valence-corrected chi connectivity index (χ0v) is 12.6. The van der Waals surface area contributed by atoms with Gasteiger partial charge in [0.05, 0.1) is 0 Å². The summed E-state index contributed by atoms with van der Waals surface area (Å²) in [7, 11) is 0. The average Bonchev–Trinajstić information content (AvgIpc) is 2.54. The van der Waals surface area contributed by atoms with E-state index >= 15 is 0 Å². The molecule has 2 aromatic heterocycles. The van der Waals surface area contributed by atoms with Crippen LogP contribution in [0.3, 0.4) is 0 Å². The number of H-pyrrole nitrogens is 1. The molecule has 0 bridgehead atoms. The van der Waals surface area contributed by atoms with Crippen molar-refractivity contribution in [3.05, 3.63) is 71.3 Å². The summed E-state index contributed by atoms with van der Waals surface area (Å²) in [6.45, 7) is 2.19. The Morgan fingerprint density at radius 3 is 2.50 bits per heavy atom. The van der Waals surface area contributed by atoms with Gasteiger partial charge in [-0.1, -0.05) is 13.0 Å². The SMILES string of the molecule is CC1CC(=Cc2cccnc2)C(=O)C(=Cc2ccc[nH+]c2)C1. The maximum absolute atomic E-state index is 12.7. The predicted molar refractivity (Wildman–Crippen MR) is 86.6 cm³/mol. The van der Waals surface area contributed by atoms with Crippen LogP contribution in [0.2, 0.25) is 0 Å². The first-order chi connectivity index (χ1) is 10.7. The van der Waals surface area contributed by atoms with Crippen molar-refractivity contribution in [1.29, 1.82) is 0 Å². The highest BCUT2D eigenvalue weighted by Crippen LogP contribution is 2.31. The van der Waals surface area contributed by atoms with E-state index in [9.17, 15) is 4.79 Å². The standard InChI is InChI=1S/C19H18N2O/c1-14-8-17(10-15-4-2-6-20-12-15)19(22)18(9-14)11-16-5-3-7-21-13-16/h2-7,10-14H,8-9H2,1H3/p+1. The number of nitrogens with zero attached hydrogens (tertiary/aromatic N) is 1. The van der Waals surface area contributed by atoms with Crippen LogP contribution in [0.1, 0.15) is 30.9 Å². The van der Waals surface area contributed by atoms with Gasteiger partial charge in [0.15, 0.2) is 18.2 Å². The minimum absolute atomic E-state index is 0.158. The van der Waals surface area contributed by atoms with Crippen molar-refractivity contribution < 1.29 is 9.78 Å². The van der Waals surface area contributed by atoms with Crippen molar-refractivity contribution >= 4 is 17.9 Å². The lowest BCUT2D eigenvalue weighted by molar-refractivity contribution is -0.378. The van der Waals surface area contributed by atoms with Crippen LogP contribution >= 0.6 is 0 Å². The quantitative estimate of drug-likeness (QED) is 0.796. The predicted octanol–water partition coefficient (Wildman–Crippen LogP) is 3.36.